The first-order chi connectivity index (χ1) is 6.22. The van der Waals surface area contributed by atoms with E-state index in [4.69, 9.17) is 10.4 Å². The molecule has 3 nitrogen and oxygen atoms in total. The molecule has 4 heteroatoms. The van der Waals surface area contributed by atoms with Crippen molar-refractivity contribution >= 4 is 24.5 Å². The number of rotatable bonds is 2. The smallest absolute Gasteiger partial charge is 0.328 e. The molecule has 0 aromatic heterocycles. The van der Waals surface area contributed by atoms with Crippen LogP contribution in [0.5, 0.6) is 0 Å². The first-order valence-corrected chi connectivity index (χ1v) is 3.63. The van der Waals surface area contributed by atoms with Crippen molar-refractivity contribution in [2.45, 2.75) is 0 Å². The number of aliphatic carboxylic acids is 1. The second-order valence-corrected chi connectivity index (χ2v) is 2.41. The summed E-state index contributed by atoms with van der Waals surface area (Å²) in [6.07, 6.45) is 2.53. The Hall–Kier alpha value is -1.79. The lowest BCUT2D eigenvalue weighted by Crippen LogP contribution is -1.85. The van der Waals surface area contributed by atoms with Crippen LogP contribution in [0.2, 0.25) is 0 Å². The lowest BCUT2D eigenvalue weighted by atomic mass is 10.1. The molecule has 1 aromatic carbocycles. The van der Waals surface area contributed by atoms with E-state index >= 15 is 0 Å². The fourth-order valence-electron chi connectivity index (χ4n) is 0.836. The van der Waals surface area contributed by atoms with Crippen molar-refractivity contribution < 1.29 is 9.90 Å². The summed E-state index contributed by atoms with van der Waals surface area (Å²) in [5.74, 6) is -0.982. The van der Waals surface area contributed by atoms with Crippen molar-refractivity contribution in [1.29, 1.82) is 5.26 Å². The van der Waals surface area contributed by atoms with Gasteiger partial charge in [0.1, 0.15) is 0 Å². The number of hydrogen-bond donors (Lipinski definition) is 1. The molecule has 1 N–H and O–H groups in total. The summed E-state index contributed by atoms with van der Waals surface area (Å²) in [4.78, 5) is 10.2. The zero-order chi connectivity index (χ0) is 9.68. The molecule has 1 rings (SSSR count). The molecule has 14 heavy (non-hydrogen) atoms. The Morgan fingerprint density at radius 1 is 1.36 bits per heavy atom. The van der Waals surface area contributed by atoms with Gasteiger partial charge in [-0.3, -0.25) is 0 Å². The molecule has 0 aliphatic heterocycles. The quantitative estimate of drug-likeness (QED) is 0.759. The Morgan fingerprint density at radius 2 is 1.93 bits per heavy atom. The van der Waals surface area contributed by atoms with Crippen LogP contribution in [0.3, 0.4) is 0 Å². The van der Waals surface area contributed by atoms with Crippen LogP contribution in [0.4, 0.5) is 0 Å². The Labute approximate surface area is 87.7 Å². The molecule has 0 fully saturated rings. The van der Waals surface area contributed by atoms with Gasteiger partial charge in [-0.2, -0.15) is 5.26 Å². The van der Waals surface area contributed by atoms with Gasteiger partial charge in [-0.15, -0.1) is 12.4 Å². The highest BCUT2D eigenvalue weighted by atomic mass is 35.5. The van der Waals surface area contributed by atoms with Gasteiger partial charge in [0.25, 0.3) is 0 Å². The number of nitrogens with zero attached hydrogens (tertiary/aromatic N) is 1. The molecule has 0 saturated carbocycles. The molecule has 0 amide bonds. The van der Waals surface area contributed by atoms with Crippen molar-refractivity contribution in [3.8, 4) is 6.07 Å². The first kappa shape index (κ1) is 12.2. The number of carboxylic acid groups (broad SMARTS) is 1. The molecule has 0 spiro atoms. The van der Waals surface area contributed by atoms with Crippen molar-refractivity contribution in [1.82, 2.24) is 0 Å². The summed E-state index contributed by atoms with van der Waals surface area (Å²) in [6.45, 7) is 0. The van der Waals surface area contributed by atoms with Gasteiger partial charge < -0.3 is 5.11 Å². The number of halogens is 1. The van der Waals surface area contributed by atoms with Crippen LogP contribution in [0.25, 0.3) is 6.08 Å². The summed E-state index contributed by atoms with van der Waals surface area (Å²) < 4.78 is 0. The fourth-order valence-corrected chi connectivity index (χ4v) is 0.836. The number of hydrogen-bond acceptors (Lipinski definition) is 2. The molecule has 0 heterocycles. The van der Waals surface area contributed by atoms with Crippen LogP contribution in [0.15, 0.2) is 30.3 Å². The number of benzene rings is 1. The molecular formula is C10H8ClNO2. The van der Waals surface area contributed by atoms with Crippen LogP contribution < -0.4 is 0 Å². The lowest BCUT2D eigenvalue weighted by molar-refractivity contribution is -0.131. The van der Waals surface area contributed by atoms with Gasteiger partial charge in [-0.25, -0.2) is 4.79 Å². The third-order valence-corrected chi connectivity index (χ3v) is 1.46. The van der Waals surface area contributed by atoms with Crippen molar-refractivity contribution in [2.75, 3.05) is 0 Å². The van der Waals surface area contributed by atoms with Crippen LogP contribution in [0.1, 0.15) is 11.1 Å². The van der Waals surface area contributed by atoms with E-state index in [1.807, 2.05) is 6.07 Å². The minimum Gasteiger partial charge on any atom is -0.478 e. The molecule has 0 aliphatic rings. The van der Waals surface area contributed by atoms with E-state index in [0.717, 1.165) is 11.6 Å². The SMILES string of the molecule is Cl.N#Cc1ccc(/C=C/C(=O)O)cc1. The highest BCUT2D eigenvalue weighted by Crippen LogP contribution is 2.04. The molecule has 0 bridgehead atoms. The Balaban J connectivity index is 0.00000169. The van der Waals surface area contributed by atoms with Crippen LogP contribution in [-0.2, 0) is 4.79 Å². The van der Waals surface area contributed by atoms with Gasteiger partial charge in [0.05, 0.1) is 11.6 Å². The minimum absolute atomic E-state index is 0. The monoisotopic (exact) mass is 209 g/mol. The van der Waals surface area contributed by atoms with E-state index < -0.39 is 5.97 Å². The summed E-state index contributed by atoms with van der Waals surface area (Å²) in [5.41, 5.74) is 1.33. The summed E-state index contributed by atoms with van der Waals surface area (Å²) in [6, 6.07) is 8.64. The van der Waals surface area contributed by atoms with Gasteiger partial charge in [0.2, 0.25) is 0 Å². The van der Waals surface area contributed by atoms with E-state index in [0.29, 0.717) is 5.56 Å². The molecule has 0 atom stereocenters. The van der Waals surface area contributed by atoms with Crippen LogP contribution in [-0.4, -0.2) is 11.1 Å². The Kier molecular flexibility index (Phi) is 5.05. The first-order valence-electron chi connectivity index (χ1n) is 3.63. The zero-order valence-corrected chi connectivity index (χ0v) is 7.99. The molecular weight excluding hydrogens is 202 g/mol. The average Bonchev–Trinajstić information content (AvgIpc) is 2.15. The molecule has 0 radical (unpaired) electrons. The van der Waals surface area contributed by atoms with E-state index in [1.54, 1.807) is 24.3 Å². The van der Waals surface area contributed by atoms with Crippen molar-refractivity contribution in [2.24, 2.45) is 0 Å². The fraction of sp³-hybridized carbons (Fsp3) is 0. The number of carbonyl (C=O) groups is 1. The predicted octanol–water partition coefficient (Wildman–Crippen LogP) is 2.08. The predicted molar refractivity (Wildman–Crippen MR) is 55.1 cm³/mol. The summed E-state index contributed by atoms with van der Waals surface area (Å²) in [7, 11) is 0. The normalized spacial score (nSPS) is 9.07. The highest BCUT2D eigenvalue weighted by Gasteiger charge is 1.90. The molecule has 0 aliphatic carbocycles. The molecule has 1 aromatic rings. The van der Waals surface area contributed by atoms with Crippen molar-refractivity contribution in [3.63, 3.8) is 0 Å². The van der Waals surface area contributed by atoms with Gasteiger partial charge in [0, 0.05) is 6.08 Å². The van der Waals surface area contributed by atoms with Gasteiger partial charge in [0.15, 0.2) is 0 Å². The highest BCUT2D eigenvalue weighted by molar-refractivity contribution is 5.85. The third-order valence-electron chi connectivity index (χ3n) is 1.46. The molecule has 0 unspecified atom stereocenters. The van der Waals surface area contributed by atoms with Gasteiger partial charge >= 0.3 is 5.97 Å². The molecule has 0 saturated heterocycles. The molecule has 72 valence electrons. The maximum absolute atomic E-state index is 10.2. The maximum Gasteiger partial charge on any atom is 0.328 e. The second-order valence-electron chi connectivity index (χ2n) is 2.41. The standard InChI is InChI=1S/C10H7NO2.ClH/c11-7-9-3-1-8(2-4-9)5-6-10(12)13;/h1-6H,(H,12,13);1H/b6-5+;. The second kappa shape index (κ2) is 5.79. The van der Waals surface area contributed by atoms with E-state index in [-0.39, 0.29) is 12.4 Å². The van der Waals surface area contributed by atoms with Gasteiger partial charge in [-0.1, -0.05) is 12.1 Å². The van der Waals surface area contributed by atoms with Crippen LogP contribution >= 0.6 is 12.4 Å². The van der Waals surface area contributed by atoms with E-state index in [2.05, 4.69) is 0 Å². The largest absolute Gasteiger partial charge is 0.478 e. The Morgan fingerprint density at radius 3 is 2.36 bits per heavy atom. The number of nitriles is 1. The minimum atomic E-state index is -0.982. The topological polar surface area (TPSA) is 61.1 Å². The van der Waals surface area contributed by atoms with Crippen molar-refractivity contribution in [3.05, 3.63) is 41.5 Å². The van der Waals surface area contributed by atoms with Gasteiger partial charge in [-0.05, 0) is 23.8 Å². The zero-order valence-electron chi connectivity index (χ0n) is 7.18. The summed E-state index contributed by atoms with van der Waals surface area (Å²) in [5, 5.41) is 16.8. The van der Waals surface area contributed by atoms with E-state index in [9.17, 15) is 4.79 Å². The number of carboxylic acids is 1. The maximum atomic E-state index is 10.2. The van der Waals surface area contributed by atoms with Crippen LogP contribution in [0, 0.1) is 11.3 Å². The average molecular weight is 210 g/mol. The lowest BCUT2D eigenvalue weighted by Gasteiger charge is -1.91. The third kappa shape index (κ3) is 3.74. The Bertz CT molecular complexity index is 376. The summed E-state index contributed by atoms with van der Waals surface area (Å²) >= 11 is 0. The van der Waals surface area contributed by atoms with E-state index in [1.165, 1.54) is 6.08 Å².